The predicted molar refractivity (Wildman–Crippen MR) is 90.4 cm³/mol. The van der Waals surface area contributed by atoms with Crippen molar-refractivity contribution in [3.05, 3.63) is 48.0 Å². The SMILES string of the molecule is CN(Cc1cccc2ccccc12)CC(C)(C)CN.Cl. The molecule has 0 amide bonds. The summed E-state index contributed by atoms with van der Waals surface area (Å²) in [5.74, 6) is 0. The van der Waals surface area contributed by atoms with Gasteiger partial charge in [0, 0.05) is 13.1 Å². The van der Waals surface area contributed by atoms with Crippen molar-refractivity contribution < 1.29 is 0 Å². The highest BCUT2D eigenvalue weighted by Crippen LogP contribution is 2.21. The van der Waals surface area contributed by atoms with Crippen molar-refractivity contribution in [1.82, 2.24) is 4.90 Å². The molecule has 0 unspecified atom stereocenters. The molecule has 2 aromatic rings. The van der Waals surface area contributed by atoms with Gasteiger partial charge in [-0.3, -0.25) is 0 Å². The Morgan fingerprint density at radius 3 is 2.40 bits per heavy atom. The van der Waals surface area contributed by atoms with E-state index in [9.17, 15) is 0 Å². The van der Waals surface area contributed by atoms with Crippen molar-refractivity contribution in [1.29, 1.82) is 0 Å². The van der Waals surface area contributed by atoms with Gasteiger partial charge in [0.1, 0.15) is 0 Å². The first-order valence-corrected chi connectivity index (χ1v) is 6.87. The normalized spacial score (nSPS) is 11.7. The maximum Gasteiger partial charge on any atom is 0.0237 e. The smallest absolute Gasteiger partial charge is 0.0237 e. The van der Waals surface area contributed by atoms with Gasteiger partial charge in [-0.15, -0.1) is 12.4 Å². The average molecular weight is 293 g/mol. The van der Waals surface area contributed by atoms with Gasteiger partial charge in [0.2, 0.25) is 0 Å². The fourth-order valence-corrected chi connectivity index (χ4v) is 2.57. The number of fused-ring (bicyclic) bond motifs is 1. The summed E-state index contributed by atoms with van der Waals surface area (Å²) in [5, 5.41) is 2.66. The molecular weight excluding hydrogens is 268 g/mol. The Morgan fingerprint density at radius 1 is 1.05 bits per heavy atom. The summed E-state index contributed by atoms with van der Waals surface area (Å²) >= 11 is 0. The number of rotatable bonds is 5. The molecule has 0 atom stereocenters. The number of nitrogens with zero attached hydrogens (tertiary/aromatic N) is 1. The minimum absolute atomic E-state index is 0. The quantitative estimate of drug-likeness (QED) is 0.911. The van der Waals surface area contributed by atoms with Crippen LogP contribution in [0.2, 0.25) is 0 Å². The summed E-state index contributed by atoms with van der Waals surface area (Å²) in [5.41, 5.74) is 7.36. The second-order valence-electron chi connectivity index (χ2n) is 6.18. The molecule has 0 aliphatic heterocycles. The zero-order chi connectivity index (χ0) is 13.9. The minimum Gasteiger partial charge on any atom is -0.330 e. The van der Waals surface area contributed by atoms with E-state index in [2.05, 4.69) is 68.3 Å². The first-order chi connectivity index (χ1) is 9.02. The van der Waals surface area contributed by atoms with Gasteiger partial charge in [0.15, 0.2) is 0 Å². The van der Waals surface area contributed by atoms with E-state index in [0.717, 1.165) is 13.1 Å². The molecule has 2 aromatic carbocycles. The molecular formula is C17H25ClN2. The molecule has 0 heterocycles. The van der Waals surface area contributed by atoms with Crippen molar-refractivity contribution in [3.8, 4) is 0 Å². The zero-order valence-corrected chi connectivity index (χ0v) is 13.4. The van der Waals surface area contributed by atoms with E-state index in [1.807, 2.05) is 0 Å². The van der Waals surface area contributed by atoms with E-state index < -0.39 is 0 Å². The predicted octanol–water partition coefficient (Wildman–Crippen LogP) is 3.68. The molecule has 0 aliphatic carbocycles. The van der Waals surface area contributed by atoms with E-state index in [1.165, 1.54) is 16.3 Å². The van der Waals surface area contributed by atoms with Crippen LogP contribution in [-0.4, -0.2) is 25.0 Å². The molecule has 0 spiro atoms. The maximum absolute atomic E-state index is 5.81. The Labute approximate surface area is 128 Å². The van der Waals surface area contributed by atoms with Gasteiger partial charge >= 0.3 is 0 Å². The molecule has 3 heteroatoms. The first kappa shape index (κ1) is 17.0. The van der Waals surface area contributed by atoms with Crippen LogP contribution >= 0.6 is 12.4 Å². The number of benzene rings is 2. The van der Waals surface area contributed by atoms with Gasteiger partial charge in [0.25, 0.3) is 0 Å². The van der Waals surface area contributed by atoms with Crippen LogP contribution in [0.4, 0.5) is 0 Å². The Hall–Kier alpha value is -1.09. The molecule has 0 fully saturated rings. The number of nitrogens with two attached hydrogens (primary N) is 1. The molecule has 0 bridgehead atoms. The average Bonchev–Trinajstić information content (AvgIpc) is 2.38. The van der Waals surface area contributed by atoms with E-state index in [0.29, 0.717) is 6.54 Å². The summed E-state index contributed by atoms with van der Waals surface area (Å²) < 4.78 is 0. The van der Waals surface area contributed by atoms with Gasteiger partial charge < -0.3 is 10.6 Å². The fourth-order valence-electron chi connectivity index (χ4n) is 2.57. The third-order valence-corrected chi connectivity index (χ3v) is 3.57. The molecule has 2 N–H and O–H groups in total. The maximum atomic E-state index is 5.81. The molecule has 0 radical (unpaired) electrons. The van der Waals surface area contributed by atoms with Crippen LogP contribution in [0.25, 0.3) is 10.8 Å². The van der Waals surface area contributed by atoms with E-state index in [1.54, 1.807) is 0 Å². The molecule has 2 nitrogen and oxygen atoms in total. The molecule has 0 saturated carbocycles. The monoisotopic (exact) mass is 292 g/mol. The van der Waals surface area contributed by atoms with Crippen LogP contribution in [0.3, 0.4) is 0 Å². The Balaban J connectivity index is 0.00000200. The highest BCUT2D eigenvalue weighted by Gasteiger charge is 2.18. The van der Waals surface area contributed by atoms with Gasteiger partial charge in [0.05, 0.1) is 0 Å². The van der Waals surface area contributed by atoms with Gasteiger partial charge in [-0.1, -0.05) is 56.3 Å². The van der Waals surface area contributed by atoms with E-state index in [4.69, 9.17) is 5.73 Å². The molecule has 0 aliphatic rings. The topological polar surface area (TPSA) is 29.3 Å². The third-order valence-electron chi connectivity index (χ3n) is 3.57. The van der Waals surface area contributed by atoms with Crippen LogP contribution in [0.15, 0.2) is 42.5 Å². The summed E-state index contributed by atoms with van der Waals surface area (Å²) in [7, 11) is 2.17. The highest BCUT2D eigenvalue weighted by molar-refractivity contribution is 5.85. The Morgan fingerprint density at radius 2 is 1.70 bits per heavy atom. The van der Waals surface area contributed by atoms with Crippen molar-refractivity contribution in [2.45, 2.75) is 20.4 Å². The van der Waals surface area contributed by atoms with Crippen LogP contribution in [0.5, 0.6) is 0 Å². The number of hydrogen-bond acceptors (Lipinski definition) is 2. The lowest BCUT2D eigenvalue weighted by atomic mass is 9.93. The van der Waals surface area contributed by atoms with Gasteiger partial charge in [-0.05, 0) is 35.3 Å². The van der Waals surface area contributed by atoms with Crippen LogP contribution in [0, 0.1) is 5.41 Å². The molecule has 0 saturated heterocycles. The molecule has 20 heavy (non-hydrogen) atoms. The van der Waals surface area contributed by atoms with E-state index >= 15 is 0 Å². The summed E-state index contributed by atoms with van der Waals surface area (Å²) in [6.45, 7) is 7.11. The highest BCUT2D eigenvalue weighted by atomic mass is 35.5. The Kier molecular flexibility index (Phi) is 6.00. The number of hydrogen-bond donors (Lipinski definition) is 1. The minimum atomic E-state index is 0. The second kappa shape index (κ2) is 7.07. The number of halogens is 1. The lowest BCUT2D eigenvalue weighted by Gasteiger charge is -2.29. The molecule has 2 rings (SSSR count). The molecule has 110 valence electrons. The zero-order valence-electron chi connectivity index (χ0n) is 12.6. The van der Waals surface area contributed by atoms with Crippen LogP contribution in [-0.2, 0) is 6.54 Å². The fraction of sp³-hybridized carbons (Fsp3) is 0.412. The van der Waals surface area contributed by atoms with Gasteiger partial charge in [-0.2, -0.15) is 0 Å². The van der Waals surface area contributed by atoms with Crippen LogP contribution < -0.4 is 5.73 Å². The Bertz CT molecular complexity index is 546. The summed E-state index contributed by atoms with van der Waals surface area (Å²) in [6.07, 6.45) is 0. The molecule has 0 aromatic heterocycles. The van der Waals surface area contributed by atoms with Crippen molar-refractivity contribution in [2.75, 3.05) is 20.1 Å². The van der Waals surface area contributed by atoms with Crippen molar-refractivity contribution >= 4 is 23.2 Å². The standard InChI is InChI=1S/C17H24N2.ClH/c1-17(2,12-18)13-19(3)11-15-9-6-8-14-7-4-5-10-16(14)15;/h4-10H,11-13,18H2,1-3H3;1H. The second-order valence-corrected chi connectivity index (χ2v) is 6.18. The van der Waals surface area contributed by atoms with E-state index in [-0.39, 0.29) is 17.8 Å². The summed E-state index contributed by atoms with van der Waals surface area (Å²) in [4.78, 5) is 2.36. The van der Waals surface area contributed by atoms with Gasteiger partial charge in [-0.25, -0.2) is 0 Å². The largest absolute Gasteiger partial charge is 0.330 e. The first-order valence-electron chi connectivity index (χ1n) is 6.87. The lowest BCUT2D eigenvalue weighted by Crippen LogP contribution is -2.36. The third kappa shape index (κ3) is 4.20. The summed E-state index contributed by atoms with van der Waals surface area (Å²) in [6, 6.07) is 15.1. The van der Waals surface area contributed by atoms with Crippen molar-refractivity contribution in [2.24, 2.45) is 11.1 Å². The van der Waals surface area contributed by atoms with Crippen LogP contribution in [0.1, 0.15) is 19.4 Å². The van der Waals surface area contributed by atoms with Crippen molar-refractivity contribution in [3.63, 3.8) is 0 Å². The lowest BCUT2D eigenvalue weighted by molar-refractivity contribution is 0.210.